The Morgan fingerprint density at radius 1 is 1.28 bits per heavy atom. The van der Waals surface area contributed by atoms with Gasteiger partial charge in [0.1, 0.15) is 6.10 Å². The lowest BCUT2D eigenvalue weighted by Gasteiger charge is -2.40. The van der Waals surface area contributed by atoms with E-state index < -0.39 is 36.5 Å². The van der Waals surface area contributed by atoms with Crippen molar-refractivity contribution in [1.82, 2.24) is 0 Å². The quantitative estimate of drug-likeness (QED) is 0.607. The number of hydrogen-bond donors (Lipinski definition) is 3. The van der Waals surface area contributed by atoms with Gasteiger partial charge in [-0.1, -0.05) is 6.92 Å². The summed E-state index contributed by atoms with van der Waals surface area (Å²) in [5.41, 5.74) is 0. The maximum absolute atomic E-state index is 11.5. The average Bonchev–Trinajstić information content (AvgIpc) is 2.28. The number of esters is 1. The second-order valence-electron chi connectivity index (χ2n) is 4.86. The van der Waals surface area contributed by atoms with Gasteiger partial charge in [0, 0.05) is 5.92 Å². The first kappa shape index (κ1) is 15.4. The lowest BCUT2D eigenvalue weighted by atomic mass is 9.87. The van der Waals surface area contributed by atoms with Crippen molar-refractivity contribution in [3.63, 3.8) is 0 Å². The summed E-state index contributed by atoms with van der Waals surface area (Å²) >= 11 is 0. The van der Waals surface area contributed by atoms with Crippen LogP contribution in [0.3, 0.4) is 0 Å². The van der Waals surface area contributed by atoms with Gasteiger partial charge in [0.15, 0.2) is 6.29 Å². The van der Waals surface area contributed by atoms with Gasteiger partial charge in [-0.3, -0.25) is 4.79 Å². The van der Waals surface area contributed by atoms with Gasteiger partial charge in [0.05, 0.1) is 24.7 Å². The third-order valence-corrected chi connectivity index (χ3v) is 3.02. The van der Waals surface area contributed by atoms with Crippen molar-refractivity contribution < 1.29 is 29.6 Å². The Morgan fingerprint density at radius 2 is 1.89 bits per heavy atom. The second-order valence-corrected chi connectivity index (χ2v) is 4.86. The normalized spacial score (nSPS) is 36.7. The van der Waals surface area contributed by atoms with Crippen LogP contribution in [0.5, 0.6) is 0 Å². The fourth-order valence-electron chi connectivity index (χ4n) is 2.07. The highest BCUT2D eigenvalue weighted by Gasteiger charge is 2.44. The third kappa shape index (κ3) is 3.65. The van der Waals surface area contributed by atoms with Crippen LogP contribution in [0.1, 0.15) is 33.6 Å². The van der Waals surface area contributed by atoms with Crippen LogP contribution < -0.4 is 0 Å². The fraction of sp³-hybridized carbons (Fsp3) is 0.917. The van der Waals surface area contributed by atoms with Crippen LogP contribution in [0.25, 0.3) is 0 Å². The zero-order chi connectivity index (χ0) is 13.9. The summed E-state index contributed by atoms with van der Waals surface area (Å²) in [4.78, 5) is 11.5. The summed E-state index contributed by atoms with van der Waals surface area (Å²) in [6, 6.07) is 0. The Labute approximate surface area is 107 Å². The predicted molar refractivity (Wildman–Crippen MR) is 62.5 cm³/mol. The largest absolute Gasteiger partial charge is 0.463 e. The summed E-state index contributed by atoms with van der Waals surface area (Å²) < 4.78 is 10.1. The first-order valence-electron chi connectivity index (χ1n) is 6.26. The molecule has 0 radical (unpaired) electrons. The molecule has 6 nitrogen and oxygen atoms in total. The zero-order valence-electron chi connectivity index (χ0n) is 10.9. The molecule has 0 aromatic rings. The molecule has 0 aliphatic carbocycles. The van der Waals surface area contributed by atoms with E-state index in [2.05, 4.69) is 0 Å². The van der Waals surface area contributed by atoms with Crippen LogP contribution in [-0.4, -0.2) is 52.0 Å². The number of ether oxygens (including phenoxy) is 2. The van der Waals surface area contributed by atoms with Crippen molar-refractivity contribution in [2.24, 2.45) is 5.92 Å². The minimum atomic E-state index is -1.27. The number of hydrogen-bond acceptors (Lipinski definition) is 6. The number of carbonyl (C=O) groups is 1. The molecule has 0 amide bonds. The molecule has 3 N–H and O–H groups in total. The second kappa shape index (κ2) is 6.47. The van der Waals surface area contributed by atoms with E-state index in [1.54, 1.807) is 20.8 Å². The van der Waals surface area contributed by atoms with Gasteiger partial charge in [-0.05, 0) is 20.3 Å². The van der Waals surface area contributed by atoms with Gasteiger partial charge in [0.2, 0.25) is 0 Å². The van der Waals surface area contributed by atoms with Gasteiger partial charge in [0.25, 0.3) is 0 Å². The topological polar surface area (TPSA) is 96.2 Å². The molecule has 0 spiro atoms. The SMILES string of the molecule is CCC1OC(O)C(CC(=O)OC(C)C)C(O)C1O. The monoisotopic (exact) mass is 262 g/mol. The molecule has 5 unspecified atom stereocenters. The molecule has 0 aromatic carbocycles. The Bertz CT molecular complexity index is 280. The van der Waals surface area contributed by atoms with E-state index in [9.17, 15) is 20.1 Å². The van der Waals surface area contributed by atoms with E-state index in [-0.39, 0.29) is 12.5 Å². The predicted octanol–water partition coefficient (Wildman–Crippen LogP) is -0.207. The summed E-state index contributed by atoms with van der Waals surface area (Å²) in [6.07, 6.45) is -4.16. The summed E-state index contributed by atoms with van der Waals surface area (Å²) in [6.45, 7) is 5.20. The van der Waals surface area contributed by atoms with Crippen molar-refractivity contribution >= 4 is 5.97 Å². The lowest BCUT2D eigenvalue weighted by Crippen LogP contribution is -2.54. The van der Waals surface area contributed by atoms with Crippen LogP contribution in [0, 0.1) is 5.92 Å². The van der Waals surface area contributed by atoms with E-state index in [4.69, 9.17) is 9.47 Å². The van der Waals surface area contributed by atoms with Crippen molar-refractivity contribution in [2.45, 2.75) is 64.3 Å². The summed E-state index contributed by atoms with van der Waals surface area (Å²) in [7, 11) is 0. The van der Waals surface area contributed by atoms with Crippen LogP contribution >= 0.6 is 0 Å². The molecule has 1 heterocycles. The molecule has 0 saturated carbocycles. The Morgan fingerprint density at radius 3 is 2.39 bits per heavy atom. The molecule has 6 heteroatoms. The van der Waals surface area contributed by atoms with Crippen LogP contribution in [0.15, 0.2) is 0 Å². The van der Waals surface area contributed by atoms with E-state index in [0.29, 0.717) is 6.42 Å². The zero-order valence-corrected chi connectivity index (χ0v) is 10.9. The molecular formula is C12H22O6. The van der Waals surface area contributed by atoms with Crippen LogP contribution in [0.2, 0.25) is 0 Å². The Balaban J connectivity index is 2.62. The molecule has 1 aliphatic heterocycles. The van der Waals surface area contributed by atoms with Crippen molar-refractivity contribution in [1.29, 1.82) is 0 Å². The maximum Gasteiger partial charge on any atom is 0.306 e. The lowest BCUT2D eigenvalue weighted by molar-refractivity contribution is -0.265. The molecule has 106 valence electrons. The number of aliphatic hydroxyl groups excluding tert-OH is 3. The summed E-state index contributed by atoms with van der Waals surface area (Å²) in [5.74, 6) is -1.40. The van der Waals surface area contributed by atoms with Crippen LogP contribution in [0.4, 0.5) is 0 Å². The molecule has 0 aromatic heterocycles. The minimum absolute atomic E-state index is 0.187. The molecule has 1 fully saturated rings. The van der Waals surface area contributed by atoms with Crippen molar-refractivity contribution in [3.05, 3.63) is 0 Å². The van der Waals surface area contributed by atoms with Crippen molar-refractivity contribution in [3.8, 4) is 0 Å². The third-order valence-electron chi connectivity index (χ3n) is 3.02. The molecule has 1 saturated heterocycles. The Kier molecular flexibility index (Phi) is 5.52. The van der Waals surface area contributed by atoms with E-state index in [1.807, 2.05) is 0 Å². The molecule has 18 heavy (non-hydrogen) atoms. The average molecular weight is 262 g/mol. The molecule has 1 aliphatic rings. The van der Waals surface area contributed by atoms with Crippen LogP contribution in [-0.2, 0) is 14.3 Å². The van der Waals surface area contributed by atoms with Gasteiger partial charge < -0.3 is 24.8 Å². The number of rotatable bonds is 4. The highest BCUT2D eigenvalue weighted by Crippen LogP contribution is 2.29. The fourth-order valence-corrected chi connectivity index (χ4v) is 2.07. The molecular weight excluding hydrogens is 240 g/mol. The Hall–Kier alpha value is -0.690. The van der Waals surface area contributed by atoms with E-state index in [1.165, 1.54) is 0 Å². The summed E-state index contributed by atoms with van der Waals surface area (Å²) in [5, 5.41) is 29.4. The standard InChI is InChI=1S/C12H22O6/c1-4-8-11(15)10(14)7(12(16)18-8)5-9(13)17-6(2)3/h6-8,10-12,14-16H,4-5H2,1-3H3. The molecule has 0 bridgehead atoms. The van der Waals surface area contributed by atoms with Gasteiger partial charge in [-0.2, -0.15) is 0 Å². The van der Waals surface area contributed by atoms with Gasteiger partial charge in [-0.25, -0.2) is 0 Å². The minimum Gasteiger partial charge on any atom is -0.463 e. The first-order valence-corrected chi connectivity index (χ1v) is 6.26. The van der Waals surface area contributed by atoms with Gasteiger partial charge >= 0.3 is 5.97 Å². The van der Waals surface area contributed by atoms with Crippen molar-refractivity contribution in [2.75, 3.05) is 0 Å². The number of carbonyl (C=O) groups excluding carboxylic acids is 1. The molecule has 1 rings (SSSR count). The first-order chi connectivity index (χ1) is 8.36. The van der Waals surface area contributed by atoms with E-state index in [0.717, 1.165) is 0 Å². The smallest absolute Gasteiger partial charge is 0.306 e. The maximum atomic E-state index is 11.5. The molecule has 5 atom stereocenters. The van der Waals surface area contributed by atoms with Gasteiger partial charge in [-0.15, -0.1) is 0 Å². The number of aliphatic hydroxyl groups is 3. The van der Waals surface area contributed by atoms with E-state index >= 15 is 0 Å². The highest BCUT2D eigenvalue weighted by molar-refractivity contribution is 5.70. The highest BCUT2D eigenvalue weighted by atomic mass is 16.6.